The van der Waals surface area contributed by atoms with Crippen molar-refractivity contribution in [1.29, 1.82) is 0 Å². The molecule has 0 aliphatic carbocycles. The Kier molecular flexibility index (Phi) is 14.1. The monoisotopic (exact) mass is 812 g/mol. The number of carbonyl (C=O) groups excluding carboxylic acids is 5. The lowest BCUT2D eigenvalue weighted by Crippen LogP contribution is -2.52. The number of fused-ring (bicyclic) bond motifs is 1. The number of nitrogens with zero attached hydrogens (tertiary/aromatic N) is 2. The van der Waals surface area contributed by atoms with Gasteiger partial charge in [-0.3, -0.25) is 25.0 Å². The van der Waals surface area contributed by atoms with Crippen molar-refractivity contribution in [1.82, 2.24) is 26.3 Å². The third kappa shape index (κ3) is 12.6. The van der Waals surface area contributed by atoms with E-state index in [4.69, 9.17) is 9.47 Å². The molecule has 0 fully saturated rings. The first-order valence-electron chi connectivity index (χ1n) is 18.5. The maximum absolute atomic E-state index is 14.1. The van der Waals surface area contributed by atoms with E-state index in [0.29, 0.717) is 22.3 Å². The van der Waals surface area contributed by atoms with Crippen molar-refractivity contribution in [3.05, 3.63) is 161 Å². The Balaban J connectivity index is 1.21. The number of hydrogen-bond acceptors (Lipinski definition) is 11. The number of aromatic hydroxyl groups is 1. The molecule has 0 saturated carbocycles. The van der Waals surface area contributed by atoms with Crippen LogP contribution >= 0.6 is 11.3 Å². The van der Waals surface area contributed by atoms with Gasteiger partial charge in [-0.1, -0.05) is 97.1 Å². The number of hydrogen-bond donors (Lipinski definition) is 5. The molecule has 2 atom stereocenters. The van der Waals surface area contributed by atoms with Crippen LogP contribution in [0.25, 0.3) is 10.2 Å². The SMILES string of the molecule is CC(=O)NC(Cc1ccc(O)cc1)C(=O)NC(Cc1ccc(N=C(NC(=O)OCc2ccccc2)NC(=O)OCc2ccccc2)cc1)C(=O)c1nc2ccccc2s1. The zero-order valence-corrected chi connectivity index (χ0v) is 32.6. The molecule has 6 aromatic rings. The van der Waals surface area contributed by atoms with Crippen molar-refractivity contribution >= 4 is 63.0 Å². The van der Waals surface area contributed by atoms with Gasteiger partial charge in [-0.2, -0.15) is 0 Å². The van der Waals surface area contributed by atoms with Crippen LogP contribution in [0.4, 0.5) is 15.3 Å². The highest BCUT2D eigenvalue weighted by molar-refractivity contribution is 7.20. The van der Waals surface area contributed by atoms with E-state index < -0.39 is 41.9 Å². The summed E-state index contributed by atoms with van der Waals surface area (Å²) in [6.07, 6.45) is -1.60. The molecule has 6 rings (SSSR count). The number of ether oxygens (including phenoxy) is 2. The minimum Gasteiger partial charge on any atom is -0.508 e. The van der Waals surface area contributed by atoms with Gasteiger partial charge in [-0.05, 0) is 58.7 Å². The summed E-state index contributed by atoms with van der Waals surface area (Å²) in [6, 6.07) is 36.1. The first kappa shape index (κ1) is 41.2. The van der Waals surface area contributed by atoms with Gasteiger partial charge >= 0.3 is 12.2 Å². The fraction of sp³-hybridized carbons (Fsp3) is 0.159. The number of thiazole rings is 1. The van der Waals surface area contributed by atoms with E-state index in [1.165, 1.54) is 30.4 Å². The fourth-order valence-electron chi connectivity index (χ4n) is 5.80. The Morgan fingerprint density at radius 2 is 1.17 bits per heavy atom. The molecule has 15 heteroatoms. The van der Waals surface area contributed by atoms with Crippen molar-refractivity contribution in [2.75, 3.05) is 0 Å². The predicted octanol–water partition coefficient (Wildman–Crippen LogP) is 6.50. The molecular weight excluding hydrogens is 773 g/mol. The van der Waals surface area contributed by atoms with Gasteiger partial charge in [0.1, 0.15) is 25.0 Å². The molecular formula is C44H40N6O8S. The van der Waals surface area contributed by atoms with Crippen LogP contribution in [0.2, 0.25) is 0 Å². The van der Waals surface area contributed by atoms with Crippen LogP contribution < -0.4 is 21.3 Å². The van der Waals surface area contributed by atoms with Gasteiger partial charge in [0.25, 0.3) is 0 Å². The molecule has 5 aromatic carbocycles. The number of ketones is 1. The maximum Gasteiger partial charge on any atom is 0.414 e. The Hall–Kier alpha value is -7.39. The third-order valence-electron chi connectivity index (χ3n) is 8.69. The number of alkyl carbamates (subject to hydrolysis) is 2. The fourth-order valence-corrected chi connectivity index (χ4v) is 6.76. The highest BCUT2D eigenvalue weighted by Gasteiger charge is 2.29. The van der Waals surface area contributed by atoms with Crippen molar-refractivity contribution in [2.45, 2.75) is 45.1 Å². The number of aromatic nitrogens is 1. The summed E-state index contributed by atoms with van der Waals surface area (Å²) in [5, 5.41) is 20.4. The summed E-state index contributed by atoms with van der Waals surface area (Å²) in [7, 11) is 0. The Morgan fingerprint density at radius 1 is 0.644 bits per heavy atom. The predicted molar refractivity (Wildman–Crippen MR) is 222 cm³/mol. The second kappa shape index (κ2) is 20.2. The van der Waals surface area contributed by atoms with E-state index in [0.717, 1.165) is 15.8 Å². The number of rotatable bonds is 14. The summed E-state index contributed by atoms with van der Waals surface area (Å²) in [5.41, 5.74) is 3.78. The lowest BCUT2D eigenvalue weighted by molar-refractivity contribution is -0.128. The van der Waals surface area contributed by atoms with Crippen LogP contribution in [-0.4, -0.2) is 57.9 Å². The first-order valence-corrected chi connectivity index (χ1v) is 19.3. The minimum absolute atomic E-state index is 0.0249. The summed E-state index contributed by atoms with van der Waals surface area (Å²) in [6.45, 7) is 1.24. The van der Waals surface area contributed by atoms with E-state index in [9.17, 15) is 29.1 Å². The second-order valence-electron chi connectivity index (χ2n) is 13.2. The smallest absolute Gasteiger partial charge is 0.414 e. The molecule has 0 aliphatic heterocycles. The van der Waals surface area contributed by atoms with Crippen LogP contribution in [-0.2, 0) is 45.1 Å². The highest BCUT2D eigenvalue weighted by Crippen LogP contribution is 2.24. The maximum atomic E-state index is 14.1. The zero-order valence-electron chi connectivity index (χ0n) is 31.8. The van der Waals surface area contributed by atoms with Gasteiger partial charge in [-0.15, -0.1) is 11.3 Å². The molecule has 1 heterocycles. The Labute approximate surface area is 343 Å². The summed E-state index contributed by atoms with van der Waals surface area (Å²) in [4.78, 5) is 74.6. The number of phenolic OH excluding ortho intramolecular Hbond substituents is 1. The van der Waals surface area contributed by atoms with Gasteiger partial charge in [0.2, 0.25) is 23.6 Å². The van der Waals surface area contributed by atoms with Crippen molar-refractivity contribution in [3.63, 3.8) is 0 Å². The van der Waals surface area contributed by atoms with Crippen molar-refractivity contribution in [2.24, 2.45) is 4.99 Å². The number of aliphatic imine (C=N–C) groups is 1. The van der Waals surface area contributed by atoms with Gasteiger partial charge in [0.05, 0.1) is 21.9 Å². The molecule has 4 amide bonds. The van der Waals surface area contributed by atoms with Crippen LogP contribution in [0.1, 0.15) is 39.0 Å². The molecule has 5 N–H and O–H groups in total. The van der Waals surface area contributed by atoms with Crippen LogP contribution in [0.15, 0.2) is 138 Å². The van der Waals surface area contributed by atoms with Gasteiger partial charge in [-0.25, -0.2) is 19.6 Å². The molecule has 59 heavy (non-hydrogen) atoms. The molecule has 0 radical (unpaired) electrons. The summed E-state index contributed by atoms with van der Waals surface area (Å²) in [5.74, 6) is -1.66. The molecule has 2 unspecified atom stereocenters. The molecule has 14 nitrogen and oxygen atoms in total. The quantitative estimate of drug-likeness (QED) is 0.0463. The minimum atomic E-state index is -1.09. The normalized spacial score (nSPS) is 11.7. The molecule has 0 bridgehead atoms. The van der Waals surface area contributed by atoms with Crippen molar-refractivity contribution < 1.29 is 38.6 Å². The average Bonchev–Trinajstić information content (AvgIpc) is 3.68. The van der Waals surface area contributed by atoms with Crippen LogP contribution in [0.3, 0.4) is 0 Å². The number of nitrogens with one attached hydrogen (secondary N) is 4. The van der Waals surface area contributed by atoms with E-state index in [-0.39, 0.29) is 42.8 Å². The van der Waals surface area contributed by atoms with E-state index in [1.54, 1.807) is 66.7 Å². The van der Waals surface area contributed by atoms with E-state index in [2.05, 4.69) is 31.2 Å². The lowest BCUT2D eigenvalue weighted by atomic mass is 10.00. The summed E-state index contributed by atoms with van der Waals surface area (Å²) >= 11 is 1.20. The number of para-hydroxylation sites is 1. The lowest BCUT2D eigenvalue weighted by Gasteiger charge is -2.22. The number of guanidine groups is 1. The van der Waals surface area contributed by atoms with Crippen molar-refractivity contribution in [3.8, 4) is 5.75 Å². The first-order chi connectivity index (χ1) is 28.6. The number of benzene rings is 5. The average molecular weight is 813 g/mol. The molecule has 0 spiro atoms. The van der Waals surface area contributed by atoms with E-state index in [1.807, 2.05) is 54.6 Å². The Bertz CT molecular complexity index is 2330. The Morgan fingerprint density at radius 3 is 1.73 bits per heavy atom. The topological polar surface area (TPSA) is 197 Å². The molecule has 0 aliphatic rings. The number of Topliss-reactive ketones (excluding diaryl/α,β-unsaturated/α-hetero) is 1. The number of amides is 4. The molecule has 1 aromatic heterocycles. The van der Waals surface area contributed by atoms with Gasteiger partial charge < -0.3 is 25.2 Å². The molecule has 300 valence electrons. The molecule has 0 saturated heterocycles. The van der Waals surface area contributed by atoms with Gasteiger partial charge in [0, 0.05) is 19.8 Å². The van der Waals surface area contributed by atoms with Gasteiger partial charge in [0.15, 0.2) is 5.01 Å². The standard InChI is InChI=1S/C44H40N6O8S/c1-28(51)45-37(25-30-18-22-34(52)23-19-30)40(54)47-36(39(53)41-48-35-14-8-9-15-38(35)59-41)24-29-16-20-33(21-17-29)46-42(49-43(55)57-26-31-10-4-2-5-11-31)50-44(56)58-27-32-12-6-3-7-13-32/h2-23,36-37,52H,24-27H2,1H3,(H,45,51)(H,47,54)(H2,46,49,50,55,56). The van der Waals surface area contributed by atoms with Crippen LogP contribution in [0, 0.1) is 0 Å². The second-order valence-corrected chi connectivity index (χ2v) is 14.3. The van der Waals surface area contributed by atoms with Crippen LogP contribution in [0.5, 0.6) is 5.75 Å². The van der Waals surface area contributed by atoms with E-state index >= 15 is 0 Å². The number of carbonyl (C=O) groups is 5. The highest BCUT2D eigenvalue weighted by atomic mass is 32.1. The number of phenols is 1. The zero-order chi connectivity index (χ0) is 41.6. The summed E-state index contributed by atoms with van der Waals surface area (Å²) < 4.78 is 11.5. The third-order valence-corrected chi connectivity index (χ3v) is 9.74. The largest absolute Gasteiger partial charge is 0.508 e.